The lowest BCUT2D eigenvalue weighted by molar-refractivity contribution is -0.148. The van der Waals surface area contributed by atoms with E-state index in [9.17, 15) is 23.1 Å². The van der Waals surface area contributed by atoms with E-state index in [2.05, 4.69) is 65.9 Å². The molecule has 12 heteroatoms. The molecule has 284 valence electrons. The number of nitrogens with one attached hydrogen (secondary N) is 1. The molecule has 3 aromatic rings. The Morgan fingerprint density at radius 2 is 1.69 bits per heavy atom. The number of likely N-dealkylation sites (tertiary alicyclic amines) is 2. The summed E-state index contributed by atoms with van der Waals surface area (Å²) in [4.78, 5) is 47.5. The number of imidazole rings is 1. The lowest BCUT2D eigenvalue weighted by atomic mass is 9.77. The number of piperidine rings is 1. The van der Waals surface area contributed by atoms with Crippen molar-refractivity contribution in [2.24, 2.45) is 0 Å². The Labute approximate surface area is 311 Å². The van der Waals surface area contributed by atoms with Gasteiger partial charge in [-0.1, -0.05) is 19.1 Å². The third kappa shape index (κ3) is 9.41. The number of hydrogen-bond acceptors (Lipinski definition) is 6. The second-order valence-electron chi connectivity index (χ2n) is 16.3. The van der Waals surface area contributed by atoms with E-state index in [0.717, 1.165) is 49.8 Å². The van der Waals surface area contributed by atoms with Gasteiger partial charge in [-0.05, 0) is 126 Å². The summed E-state index contributed by atoms with van der Waals surface area (Å²) in [5.74, 6) is 0.255. The molecule has 2 fully saturated rings. The molecular weight excluding hydrogens is 677 g/mol. The largest absolute Gasteiger partial charge is 0.768 e. The summed E-state index contributed by atoms with van der Waals surface area (Å²) in [6, 6.07) is 9.38. The standard InChI is InChI=1S/C40H58N6O5S/c1-8-34(44-19-16-41-27-44)23-35(45-17-9-10-38(45)49)22-32(31-11-13-36(14-12-31)52(50)51)20-28(2)43-18-15-30(26-43)21-37(48)42-33-24-39(4,5)46(29(3)47)40(6,7)25-33/h11-16,18-19,26-28,32-35H,8-10,17,20-25H2,1-7H3,(H,42,48)(H,50,51)/p-1. The van der Waals surface area contributed by atoms with Crippen molar-refractivity contribution < 1.29 is 23.1 Å². The molecule has 2 aromatic heterocycles. The van der Waals surface area contributed by atoms with Crippen LogP contribution < -0.4 is 5.32 Å². The molecule has 0 radical (unpaired) electrons. The quantitative estimate of drug-likeness (QED) is 0.182. The molecule has 0 spiro atoms. The predicted octanol–water partition coefficient (Wildman–Crippen LogP) is 6.31. The van der Waals surface area contributed by atoms with E-state index in [1.807, 2.05) is 48.0 Å². The van der Waals surface area contributed by atoms with Crippen molar-refractivity contribution in [3.05, 3.63) is 72.6 Å². The molecule has 0 bridgehead atoms. The summed E-state index contributed by atoms with van der Waals surface area (Å²) in [7, 11) is 0. The van der Waals surface area contributed by atoms with Crippen LogP contribution in [0.15, 0.2) is 66.3 Å². The van der Waals surface area contributed by atoms with Crippen molar-refractivity contribution in [1.82, 2.24) is 29.2 Å². The number of rotatable bonds is 15. The molecule has 3 amide bonds. The van der Waals surface area contributed by atoms with E-state index in [4.69, 9.17) is 0 Å². The highest BCUT2D eigenvalue weighted by Gasteiger charge is 2.47. The summed E-state index contributed by atoms with van der Waals surface area (Å²) in [6.07, 6.45) is 16.0. The monoisotopic (exact) mass is 733 g/mol. The summed E-state index contributed by atoms with van der Waals surface area (Å²) in [6.45, 7) is 14.9. The van der Waals surface area contributed by atoms with Crippen LogP contribution in [0.25, 0.3) is 0 Å². The van der Waals surface area contributed by atoms with Crippen LogP contribution in [0.5, 0.6) is 0 Å². The van der Waals surface area contributed by atoms with Gasteiger partial charge in [-0.25, -0.2) is 4.98 Å². The van der Waals surface area contributed by atoms with Crippen LogP contribution in [-0.4, -0.2) is 80.1 Å². The second kappa shape index (κ2) is 16.5. The zero-order valence-corrected chi connectivity index (χ0v) is 32.7. The first-order chi connectivity index (χ1) is 24.6. The smallest absolute Gasteiger partial charge is 0.224 e. The molecule has 0 aliphatic carbocycles. The van der Waals surface area contributed by atoms with Crippen molar-refractivity contribution >= 4 is 28.8 Å². The van der Waals surface area contributed by atoms with E-state index < -0.39 is 11.1 Å². The van der Waals surface area contributed by atoms with Gasteiger partial charge in [-0.3, -0.25) is 18.6 Å². The van der Waals surface area contributed by atoms with E-state index >= 15 is 0 Å². The van der Waals surface area contributed by atoms with Crippen LogP contribution >= 0.6 is 0 Å². The first-order valence-corrected chi connectivity index (χ1v) is 19.9. The van der Waals surface area contributed by atoms with Gasteiger partial charge in [0.2, 0.25) is 17.7 Å². The van der Waals surface area contributed by atoms with E-state index in [0.29, 0.717) is 19.3 Å². The normalized spacial score (nSPS) is 20.3. The minimum absolute atomic E-state index is 0.00838. The minimum Gasteiger partial charge on any atom is -0.768 e. The Bertz CT molecular complexity index is 1680. The van der Waals surface area contributed by atoms with Gasteiger partial charge < -0.3 is 28.8 Å². The Morgan fingerprint density at radius 3 is 2.25 bits per heavy atom. The fraction of sp³-hybridized carbons (Fsp3) is 0.600. The van der Waals surface area contributed by atoms with Crippen LogP contribution in [0.3, 0.4) is 0 Å². The molecule has 2 aliphatic rings. The van der Waals surface area contributed by atoms with Crippen LogP contribution in [0.2, 0.25) is 0 Å². The van der Waals surface area contributed by atoms with E-state index in [-0.39, 0.29) is 70.2 Å². The van der Waals surface area contributed by atoms with Crippen LogP contribution in [0.1, 0.15) is 129 Å². The summed E-state index contributed by atoms with van der Waals surface area (Å²) < 4.78 is 27.7. The molecule has 5 unspecified atom stereocenters. The maximum atomic E-state index is 13.3. The predicted molar refractivity (Wildman–Crippen MR) is 201 cm³/mol. The van der Waals surface area contributed by atoms with Crippen molar-refractivity contribution in [3.8, 4) is 0 Å². The first kappa shape index (κ1) is 39.4. The Balaban J connectivity index is 1.31. The number of carbonyl (C=O) groups excluding carboxylic acids is 3. The third-order valence-corrected chi connectivity index (χ3v) is 11.9. The van der Waals surface area contributed by atoms with Gasteiger partial charge in [0.25, 0.3) is 0 Å². The van der Waals surface area contributed by atoms with Crippen molar-refractivity contribution in [2.45, 2.75) is 152 Å². The zero-order valence-electron chi connectivity index (χ0n) is 31.9. The molecule has 5 atom stereocenters. The number of nitrogens with zero attached hydrogens (tertiary/aromatic N) is 5. The maximum absolute atomic E-state index is 13.3. The fourth-order valence-electron chi connectivity index (χ4n) is 9.32. The number of benzene rings is 1. The number of aromatic nitrogens is 3. The number of amides is 3. The van der Waals surface area contributed by atoms with Gasteiger partial charge in [0.1, 0.15) is 0 Å². The van der Waals surface area contributed by atoms with Crippen molar-refractivity contribution in [2.75, 3.05) is 6.54 Å². The molecule has 52 heavy (non-hydrogen) atoms. The highest BCUT2D eigenvalue weighted by molar-refractivity contribution is 7.79. The molecule has 1 N–H and O–H groups in total. The van der Waals surface area contributed by atoms with Gasteiger partial charge in [0.05, 0.1) is 12.7 Å². The average molecular weight is 734 g/mol. The fourth-order valence-corrected chi connectivity index (χ4v) is 9.68. The molecule has 11 nitrogen and oxygen atoms in total. The van der Waals surface area contributed by atoms with Crippen LogP contribution in [0, 0.1) is 0 Å². The number of hydrogen-bond donors (Lipinski definition) is 1. The first-order valence-electron chi connectivity index (χ1n) is 18.8. The molecule has 5 rings (SSSR count). The Morgan fingerprint density at radius 1 is 1.00 bits per heavy atom. The Kier molecular flexibility index (Phi) is 12.5. The lowest BCUT2D eigenvalue weighted by Gasteiger charge is -2.55. The van der Waals surface area contributed by atoms with Crippen molar-refractivity contribution in [1.29, 1.82) is 0 Å². The average Bonchev–Trinajstić information content (AvgIpc) is 3.84. The highest BCUT2D eigenvalue weighted by atomic mass is 32.2. The second-order valence-corrected chi connectivity index (χ2v) is 17.2. The minimum atomic E-state index is -2.32. The Hall–Kier alpha value is -3.77. The van der Waals surface area contributed by atoms with E-state index in [1.165, 1.54) is 0 Å². The molecule has 1 aromatic carbocycles. The SMILES string of the molecule is CCC(CC(CC(CC(C)n1ccc(CC(=O)NC2CC(C)(C)N(C(C)=O)C(C)(C)C2)c1)c1ccc(S(=O)[O-])cc1)N1CCCC1=O)n1ccnc1. The van der Waals surface area contributed by atoms with Crippen LogP contribution in [0.4, 0.5) is 0 Å². The lowest BCUT2D eigenvalue weighted by Crippen LogP contribution is -2.65. The molecule has 4 heterocycles. The maximum Gasteiger partial charge on any atom is 0.224 e. The van der Waals surface area contributed by atoms with Gasteiger partial charge in [-0.2, -0.15) is 0 Å². The molecular formula is C40H57N6O5S-. The van der Waals surface area contributed by atoms with Crippen LogP contribution in [-0.2, 0) is 31.9 Å². The van der Waals surface area contributed by atoms with E-state index in [1.54, 1.807) is 25.3 Å². The summed E-state index contributed by atoms with van der Waals surface area (Å²) in [5, 5.41) is 3.26. The molecule has 2 aliphatic heterocycles. The number of carbonyl (C=O) groups is 3. The topological polar surface area (TPSA) is 133 Å². The molecule has 2 saturated heterocycles. The van der Waals surface area contributed by atoms with Gasteiger partial charge in [0.15, 0.2) is 0 Å². The van der Waals surface area contributed by atoms with Gasteiger partial charge in [0, 0.05) is 84.8 Å². The third-order valence-electron chi connectivity index (χ3n) is 11.3. The summed E-state index contributed by atoms with van der Waals surface area (Å²) in [5.41, 5.74) is 1.23. The molecule has 0 saturated carbocycles. The highest BCUT2D eigenvalue weighted by Crippen LogP contribution is 2.39. The van der Waals surface area contributed by atoms with Gasteiger partial charge in [-0.15, -0.1) is 0 Å². The summed E-state index contributed by atoms with van der Waals surface area (Å²) >= 11 is -2.32. The van der Waals surface area contributed by atoms with Crippen molar-refractivity contribution in [3.63, 3.8) is 0 Å². The van der Waals surface area contributed by atoms with Gasteiger partial charge >= 0.3 is 0 Å². The zero-order chi connectivity index (χ0) is 37.8.